The van der Waals surface area contributed by atoms with Gasteiger partial charge in [0.05, 0.1) is 18.8 Å². The van der Waals surface area contributed by atoms with Crippen molar-refractivity contribution in [2.24, 2.45) is 5.73 Å². The van der Waals surface area contributed by atoms with Crippen LogP contribution in [0.25, 0.3) is 11.3 Å². The van der Waals surface area contributed by atoms with Crippen LogP contribution in [0.3, 0.4) is 0 Å². The molecule has 100 valence electrons. The number of ether oxygens (including phenoxy) is 1. The molecule has 0 fully saturated rings. The molecular weight excluding hydrogens is 244 g/mol. The monoisotopic (exact) mass is 260 g/mol. The molecule has 0 bridgehead atoms. The summed E-state index contributed by atoms with van der Waals surface area (Å²) < 4.78 is 6.59. The van der Waals surface area contributed by atoms with Gasteiger partial charge >= 0.3 is 5.97 Å². The minimum absolute atomic E-state index is 0.331. The normalized spacial score (nSPS) is 10.4. The summed E-state index contributed by atoms with van der Waals surface area (Å²) in [5.74, 6) is -0.385. The molecule has 0 aliphatic carbocycles. The van der Waals surface area contributed by atoms with E-state index in [0.29, 0.717) is 31.1 Å². The Morgan fingerprint density at radius 3 is 2.79 bits per heavy atom. The third kappa shape index (κ3) is 2.97. The topological polar surface area (TPSA) is 83.0 Å². The molecule has 2 aromatic heterocycles. The number of carbonyl (C=O) groups excluding carboxylic acids is 1. The number of esters is 1. The highest BCUT2D eigenvalue weighted by Crippen LogP contribution is 2.18. The molecule has 6 heteroatoms. The van der Waals surface area contributed by atoms with E-state index in [4.69, 9.17) is 10.5 Å². The molecule has 0 saturated carbocycles. The van der Waals surface area contributed by atoms with Crippen molar-refractivity contribution in [3.8, 4) is 11.3 Å². The van der Waals surface area contributed by atoms with Crippen LogP contribution in [0.15, 0.2) is 30.6 Å². The van der Waals surface area contributed by atoms with Crippen LogP contribution in [0.5, 0.6) is 0 Å². The molecule has 0 aliphatic rings. The Bertz CT molecular complexity index is 551. The maximum Gasteiger partial charge on any atom is 0.356 e. The zero-order valence-corrected chi connectivity index (χ0v) is 10.7. The Morgan fingerprint density at radius 1 is 1.42 bits per heavy atom. The van der Waals surface area contributed by atoms with Crippen molar-refractivity contribution in [2.75, 3.05) is 13.2 Å². The van der Waals surface area contributed by atoms with E-state index in [-0.39, 0.29) is 5.97 Å². The first-order chi connectivity index (χ1) is 9.26. The number of aromatic nitrogens is 3. The average molecular weight is 260 g/mol. The van der Waals surface area contributed by atoms with Crippen molar-refractivity contribution < 1.29 is 9.53 Å². The summed E-state index contributed by atoms with van der Waals surface area (Å²) in [6, 6.07) is 5.39. The number of pyridine rings is 1. The van der Waals surface area contributed by atoms with Crippen LogP contribution in [0.1, 0.15) is 17.4 Å². The maximum absolute atomic E-state index is 11.8. The summed E-state index contributed by atoms with van der Waals surface area (Å²) in [6.45, 7) is 2.98. The minimum Gasteiger partial charge on any atom is -0.461 e. The standard InChI is InChI=1S/C13H16N4O2/c1-2-19-13(18)12-9-11(16-17(12)8-5-14)10-3-6-15-7-4-10/h3-4,6-7,9H,2,5,8,14H2,1H3. The van der Waals surface area contributed by atoms with Gasteiger partial charge in [-0.1, -0.05) is 0 Å². The molecule has 0 atom stereocenters. The van der Waals surface area contributed by atoms with E-state index in [0.717, 1.165) is 5.56 Å². The second-order valence-electron chi connectivity index (χ2n) is 3.88. The van der Waals surface area contributed by atoms with E-state index in [9.17, 15) is 4.79 Å². The lowest BCUT2D eigenvalue weighted by molar-refractivity contribution is 0.0512. The number of rotatable bonds is 5. The Morgan fingerprint density at radius 2 is 2.16 bits per heavy atom. The van der Waals surface area contributed by atoms with E-state index in [1.165, 1.54) is 0 Å². The highest BCUT2D eigenvalue weighted by molar-refractivity contribution is 5.89. The van der Waals surface area contributed by atoms with Crippen molar-refractivity contribution >= 4 is 5.97 Å². The number of hydrogen-bond acceptors (Lipinski definition) is 5. The fourth-order valence-electron chi connectivity index (χ4n) is 1.74. The summed E-state index contributed by atoms with van der Waals surface area (Å²) in [5, 5.41) is 4.38. The Balaban J connectivity index is 2.37. The molecule has 0 saturated heterocycles. The second kappa shape index (κ2) is 6.10. The van der Waals surface area contributed by atoms with Crippen molar-refractivity contribution in [1.29, 1.82) is 0 Å². The van der Waals surface area contributed by atoms with Crippen LogP contribution in [0.4, 0.5) is 0 Å². The summed E-state index contributed by atoms with van der Waals surface area (Å²) in [4.78, 5) is 15.8. The zero-order valence-electron chi connectivity index (χ0n) is 10.7. The van der Waals surface area contributed by atoms with E-state index in [1.54, 1.807) is 30.1 Å². The number of nitrogens with zero attached hydrogens (tertiary/aromatic N) is 3. The molecule has 0 aromatic carbocycles. The van der Waals surface area contributed by atoms with Gasteiger partial charge < -0.3 is 10.5 Å². The van der Waals surface area contributed by atoms with Gasteiger partial charge in [-0.05, 0) is 25.1 Å². The lowest BCUT2D eigenvalue weighted by atomic mass is 10.2. The third-order valence-corrected chi connectivity index (χ3v) is 2.58. The van der Waals surface area contributed by atoms with Crippen molar-refractivity contribution in [3.05, 3.63) is 36.3 Å². The summed E-state index contributed by atoms with van der Waals surface area (Å²) in [5.41, 5.74) is 7.55. The molecule has 2 heterocycles. The first-order valence-corrected chi connectivity index (χ1v) is 6.11. The smallest absolute Gasteiger partial charge is 0.356 e. The lowest BCUT2D eigenvalue weighted by Gasteiger charge is -2.04. The molecule has 6 nitrogen and oxygen atoms in total. The first-order valence-electron chi connectivity index (χ1n) is 6.11. The molecule has 2 rings (SSSR count). The van der Waals surface area contributed by atoms with Gasteiger partial charge in [0.1, 0.15) is 5.69 Å². The van der Waals surface area contributed by atoms with Crippen LogP contribution in [0, 0.1) is 0 Å². The highest BCUT2D eigenvalue weighted by Gasteiger charge is 2.16. The van der Waals surface area contributed by atoms with Crippen molar-refractivity contribution in [2.45, 2.75) is 13.5 Å². The first kappa shape index (κ1) is 13.2. The van der Waals surface area contributed by atoms with Gasteiger partial charge in [0.2, 0.25) is 0 Å². The highest BCUT2D eigenvalue weighted by atomic mass is 16.5. The lowest BCUT2D eigenvalue weighted by Crippen LogP contribution is -2.17. The van der Waals surface area contributed by atoms with Gasteiger partial charge in [0, 0.05) is 24.5 Å². The van der Waals surface area contributed by atoms with Crippen LogP contribution in [-0.4, -0.2) is 33.9 Å². The van der Waals surface area contributed by atoms with Gasteiger partial charge in [-0.3, -0.25) is 9.67 Å². The zero-order chi connectivity index (χ0) is 13.7. The van der Waals surface area contributed by atoms with E-state index in [2.05, 4.69) is 10.1 Å². The quantitative estimate of drug-likeness (QED) is 0.813. The summed E-state index contributed by atoms with van der Waals surface area (Å²) in [7, 11) is 0. The molecule has 2 aromatic rings. The molecule has 2 N–H and O–H groups in total. The van der Waals surface area contributed by atoms with E-state index >= 15 is 0 Å². The fourth-order valence-corrected chi connectivity index (χ4v) is 1.74. The van der Waals surface area contributed by atoms with Crippen LogP contribution >= 0.6 is 0 Å². The van der Waals surface area contributed by atoms with Crippen LogP contribution < -0.4 is 5.73 Å². The summed E-state index contributed by atoms with van der Waals surface area (Å²) >= 11 is 0. The van der Waals surface area contributed by atoms with Gasteiger partial charge in [-0.2, -0.15) is 5.10 Å². The average Bonchev–Trinajstić information content (AvgIpc) is 2.85. The molecule has 0 aliphatic heterocycles. The van der Waals surface area contributed by atoms with Gasteiger partial charge in [0.15, 0.2) is 0 Å². The molecule has 19 heavy (non-hydrogen) atoms. The Labute approximate surface area is 111 Å². The molecule has 0 unspecified atom stereocenters. The minimum atomic E-state index is -0.385. The van der Waals surface area contributed by atoms with E-state index in [1.807, 2.05) is 12.1 Å². The van der Waals surface area contributed by atoms with Crippen LogP contribution in [0.2, 0.25) is 0 Å². The second-order valence-corrected chi connectivity index (χ2v) is 3.88. The predicted molar refractivity (Wildman–Crippen MR) is 70.5 cm³/mol. The van der Waals surface area contributed by atoms with Gasteiger partial charge in [-0.15, -0.1) is 0 Å². The van der Waals surface area contributed by atoms with Gasteiger partial charge in [0.25, 0.3) is 0 Å². The number of carbonyl (C=O) groups is 1. The Kier molecular flexibility index (Phi) is 4.25. The van der Waals surface area contributed by atoms with Gasteiger partial charge in [-0.25, -0.2) is 4.79 Å². The Hall–Kier alpha value is -2.21. The van der Waals surface area contributed by atoms with Crippen molar-refractivity contribution in [1.82, 2.24) is 14.8 Å². The molecule has 0 radical (unpaired) electrons. The van der Waals surface area contributed by atoms with E-state index < -0.39 is 0 Å². The number of nitrogens with two attached hydrogens (primary N) is 1. The fraction of sp³-hybridized carbons (Fsp3) is 0.308. The molecule has 0 amide bonds. The predicted octanol–water partition coefficient (Wildman–Crippen LogP) is 1.08. The SMILES string of the molecule is CCOC(=O)c1cc(-c2ccncc2)nn1CCN. The molecule has 0 spiro atoms. The number of hydrogen-bond donors (Lipinski definition) is 1. The molecular formula is C13H16N4O2. The maximum atomic E-state index is 11.8. The van der Waals surface area contributed by atoms with Crippen molar-refractivity contribution in [3.63, 3.8) is 0 Å². The largest absolute Gasteiger partial charge is 0.461 e. The van der Waals surface area contributed by atoms with Crippen LogP contribution in [-0.2, 0) is 11.3 Å². The summed E-state index contributed by atoms with van der Waals surface area (Å²) in [6.07, 6.45) is 3.36. The third-order valence-electron chi connectivity index (χ3n) is 2.58.